The second kappa shape index (κ2) is 9.49. The number of nitrogens with zero attached hydrogens (tertiary/aromatic N) is 4. The molecule has 1 aliphatic rings. The Morgan fingerprint density at radius 3 is 2.75 bits per heavy atom. The summed E-state index contributed by atoms with van der Waals surface area (Å²) < 4.78 is 28.2. The highest BCUT2D eigenvalue weighted by Crippen LogP contribution is 2.41. The number of aromatic amines is 1. The van der Waals surface area contributed by atoms with Crippen LogP contribution in [0.5, 0.6) is 11.5 Å². The van der Waals surface area contributed by atoms with Crippen LogP contribution in [0.1, 0.15) is 35.0 Å². The maximum atomic E-state index is 15.9. The van der Waals surface area contributed by atoms with Crippen LogP contribution in [0.25, 0.3) is 5.95 Å². The van der Waals surface area contributed by atoms with Gasteiger partial charge in [-0.3, -0.25) is 10.4 Å². The van der Waals surface area contributed by atoms with Gasteiger partial charge in [0.2, 0.25) is 0 Å². The van der Waals surface area contributed by atoms with Crippen LogP contribution in [0.15, 0.2) is 53.6 Å². The van der Waals surface area contributed by atoms with Crippen molar-refractivity contribution in [3.63, 3.8) is 0 Å². The van der Waals surface area contributed by atoms with Gasteiger partial charge in [0.15, 0.2) is 17.3 Å². The number of anilines is 1. The zero-order valence-corrected chi connectivity index (χ0v) is 19.3. The summed E-state index contributed by atoms with van der Waals surface area (Å²) in [6.45, 7) is 0.473. The van der Waals surface area contributed by atoms with Crippen molar-refractivity contribution in [2.24, 2.45) is 5.73 Å². The summed E-state index contributed by atoms with van der Waals surface area (Å²) in [6, 6.07) is 8.97. The third kappa shape index (κ3) is 4.24. The molecule has 5 N–H and O–H groups in total. The molecule has 0 unspecified atom stereocenters. The standard InChI is InChI=1S/C24H23FN8O3/c1-35-17-12-16(18(25)15-4-2-11-36-20(15)17)19(30-14-7-5-13(6-8-14)21(26)27)22-31-24(34)33(32-22)23-28-9-3-10-29-23/h3,5-10,12,19,30H,2,4,11H2,1H3,(H3,26,27)(H,31,32,34)/t19-/m0/s1. The van der Waals surface area contributed by atoms with Gasteiger partial charge in [0.1, 0.15) is 17.7 Å². The first-order valence-electron chi connectivity index (χ1n) is 11.2. The lowest BCUT2D eigenvalue weighted by atomic mass is 9.96. The molecule has 5 rings (SSSR count). The molecule has 0 saturated carbocycles. The van der Waals surface area contributed by atoms with E-state index in [2.05, 4.69) is 25.4 Å². The van der Waals surface area contributed by atoms with Crippen molar-refractivity contribution in [3.8, 4) is 17.4 Å². The van der Waals surface area contributed by atoms with Crippen molar-refractivity contribution in [2.75, 3.05) is 19.0 Å². The van der Waals surface area contributed by atoms with Gasteiger partial charge in [0.25, 0.3) is 5.95 Å². The number of nitrogens with two attached hydrogens (primary N) is 1. The summed E-state index contributed by atoms with van der Waals surface area (Å²) in [7, 11) is 1.49. The van der Waals surface area contributed by atoms with Crippen LogP contribution in [0, 0.1) is 11.2 Å². The van der Waals surface area contributed by atoms with E-state index in [1.807, 2.05) is 0 Å². The number of hydrogen-bond acceptors (Lipinski definition) is 8. The summed E-state index contributed by atoms with van der Waals surface area (Å²) in [5.41, 5.74) is 6.72. The molecule has 12 heteroatoms. The lowest BCUT2D eigenvalue weighted by molar-refractivity contribution is 0.264. The normalized spacial score (nSPS) is 13.4. The average Bonchev–Trinajstić information content (AvgIpc) is 3.30. The smallest absolute Gasteiger partial charge is 0.350 e. The average molecular weight is 490 g/mol. The molecule has 0 spiro atoms. The first-order valence-corrected chi connectivity index (χ1v) is 11.2. The summed E-state index contributed by atoms with van der Waals surface area (Å²) in [5, 5.41) is 15.2. The Morgan fingerprint density at radius 1 is 1.31 bits per heavy atom. The number of methoxy groups -OCH3 is 1. The Bertz CT molecular complexity index is 1470. The molecule has 184 valence electrons. The number of rotatable bonds is 7. The summed E-state index contributed by atoms with van der Waals surface area (Å²) in [4.78, 5) is 23.6. The monoisotopic (exact) mass is 490 g/mol. The van der Waals surface area contributed by atoms with Gasteiger partial charge < -0.3 is 20.5 Å². The Balaban J connectivity index is 1.64. The maximum Gasteiger partial charge on any atom is 0.350 e. The van der Waals surface area contributed by atoms with Crippen LogP contribution in [0.2, 0.25) is 0 Å². The molecule has 0 aliphatic carbocycles. The fourth-order valence-corrected chi connectivity index (χ4v) is 4.07. The first kappa shape index (κ1) is 23.0. The van der Waals surface area contributed by atoms with Crippen LogP contribution in [-0.2, 0) is 6.42 Å². The predicted molar refractivity (Wildman–Crippen MR) is 129 cm³/mol. The molecule has 0 bridgehead atoms. The molecule has 0 radical (unpaired) electrons. The van der Waals surface area contributed by atoms with E-state index in [4.69, 9.17) is 20.6 Å². The van der Waals surface area contributed by atoms with Crippen LogP contribution in [-0.4, -0.2) is 44.3 Å². The second-order valence-electron chi connectivity index (χ2n) is 8.09. The third-order valence-electron chi connectivity index (χ3n) is 5.81. The number of hydrogen-bond donors (Lipinski definition) is 4. The first-order chi connectivity index (χ1) is 17.5. The molecule has 0 saturated heterocycles. The molecule has 2 aromatic carbocycles. The van der Waals surface area contributed by atoms with Gasteiger partial charge in [-0.25, -0.2) is 19.2 Å². The Labute approximate surface area is 204 Å². The summed E-state index contributed by atoms with van der Waals surface area (Å²) in [6.07, 6.45) is 4.12. The maximum absolute atomic E-state index is 15.9. The van der Waals surface area contributed by atoms with E-state index >= 15 is 4.39 Å². The molecule has 1 aliphatic heterocycles. The number of H-pyrrole nitrogens is 1. The molecule has 11 nitrogen and oxygen atoms in total. The Morgan fingerprint density at radius 2 is 2.06 bits per heavy atom. The van der Waals surface area contributed by atoms with Crippen molar-refractivity contribution in [3.05, 3.63) is 87.6 Å². The molecule has 4 aromatic rings. The number of fused-ring (bicyclic) bond motifs is 1. The number of amidine groups is 1. The van der Waals surface area contributed by atoms with Gasteiger partial charge in [-0.05, 0) is 49.2 Å². The minimum absolute atomic E-state index is 0.0745. The molecular weight excluding hydrogens is 467 g/mol. The predicted octanol–water partition coefficient (Wildman–Crippen LogP) is 2.31. The molecular formula is C24H23FN8O3. The van der Waals surface area contributed by atoms with E-state index in [0.29, 0.717) is 47.8 Å². The minimum Gasteiger partial charge on any atom is -0.493 e. The van der Waals surface area contributed by atoms with Gasteiger partial charge >= 0.3 is 5.69 Å². The van der Waals surface area contributed by atoms with Crippen molar-refractivity contribution >= 4 is 11.5 Å². The van der Waals surface area contributed by atoms with Crippen molar-refractivity contribution < 1.29 is 13.9 Å². The highest BCUT2D eigenvalue weighted by Gasteiger charge is 2.30. The lowest BCUT2D eigenvalue weighted by Gasteiger charge is -2.25. The highest BCUT2D eigenvalue weighted by atomic mass is 19.1. The summed E-state index contributed by atoms with van der Waals surface area (Å²) >= 11 is 0. The van der Waals surface area contributed by atoms with Crippen LogP contribution >= 0.6 is 0 Å². The minimum atomic E-state index is -0.924. The largest absolute Gasteiger partial charge is 0.493 e. The van der Waals surface area contributed by atoms with Gasteiger partial charge in [-0.1, -0.05) is 0 Å². The fraction of sp³-hybridized carbons (Fsp3) is 0.208. The quantitative estimate of drug-likeness (QED) is 0.227. The number of benzene rings is 2. The van der Waals surface area contributed by atoms with Crippen LogP contribution < -0.4 is 26.2 Å². The Kier molecular flexibility index (Phi) is 6.07. The second-order valence-corrected chi connectivity index (χ2v) is 8.09. The molecule has 0 fully saturated rings. The van der Waals surface area contributed by atoms with Gasteiger partial charge in [0, 0.05) is 34.8 Å². The molecule has 36 heavy (non-hydrogen) atoms. The third-order valence-corrected chi connectivity index (χ3v) is 5.81. The van der Waals surface area contributed by atoms with E-state index < -0.39 is 17.5 Å². The van der Waals surface area contributed by atoms with Gasteiger partial charge in [-0.15, -0.1) is 9.78 Å². The molecule has 3 heterocycles. The van der Waals surface area contributed by atoms with Gasteiger partial charge in [0.05, 0.1) is 13.7 Å². The molecule has 2 aromatic heterocycles. The van der Waals surface area contributed by atoms with E-state index in [-0.39, 0.29) is 23.2 Å². The SMILES string of the molecule is COc1cc([C@H](Nc2ccc(C(=N)N)cc2)c2nn(-c3ncccn3)c(=O)[nH]2)c(F)c2c1OCCC2. The van der Waals surface area contributed by atoms with Gasteiger partial charge in [-0.2, -0.15) is 0 Å². The van der Waals surface area contributed by atoms with E-state index in [9.17, 15) is 4.79 Å². The number of nitrogen functional groups attached to an aromatic ring is 1. The number of ether oxygens (including phenoxy) is 2. The topological polar surface area (TPSA) is 157 Å². The number of aromatic nitrogens is 5. The van der Waals surface area contributed by atoms with Crippen LogP contribution in [0.3, 0.4) is 0 Å². The molecule has 1 atom stereocenters. The van der Waals surface area contributed by atoms with Crippen LogP contribution in [0.4, 0.5) is 10.1 Å². The lowest BCUT2D eigenvalue weighted by Crippen LogP contribution is -2.20. The number of nitrogens with one attached hydrogen (secondary N) is 3. The summed E-state index contributed by atoms with van der Waals surface area (Å²) in [5.74, 6) is 0.427. The van der Waals surface area contributed by atoms with E-state index in [1.165, 1.54) is 25.6 Å². The Hall–Kier alpha value is -4.74. The zero-order chi connectivity index (χ0) is 25.2. The van der Waals surface area contributed by atoms with E-state index in [1.54, 1.807) is 30.3 Å². The zero-order valence-electron chi connectivity index (χ0n) is 19.3. The fourth-order valence-electron chi connectivity index (χ4n) is 4.07. The molecule has 0 amide bonds. The van der Waals surface area contributed by atoms with Crippen molar-refractivity contribution in [1.29, 1.82) is 5.41 Å². The van der Waals surface area contributed by atoms with Crippen molar-refractivity contribution in [2.45, 2.75) is 18.9 Å². The highest BCUT2D eigenvalue weighted by molar-refractivity contribution is 5.95. The number of halogens is 1. The van der Waals surface area contributed by atoms with Crippen molar-refractivity contribution in [1.82, 2.24) is 24.7 Å². The van der Waals surface area contributed by atoms with E-state index in [0.717, 1.165) is 4.68 Å².